The molecule has 2 aromatic rings. The van der Waals surface area contributed by atoms with Crippen LogP contribution in [0.25, 0.3) is 0 Å². The molecular formula is C11H10F3N3O. The number of ether oxygens (including phenoxy) is 1. The van der Waals surface area contributed by atoms with Crippen LogP contribution < -0.4 is 10.5 Å². The molecule has 0 aliphatic carbocycles. The number of hydrogen-bond donors (Lipinski definition) is 2. The molecule has 2 rings (SSSR count). The Morgan fingerprint density at radius 2 is 2.00 bits per heavy atom. The molecule has 0 aliphatic rings. The minimum absolute atomic E-state index is 0.0306. The van der Waals surface area contributed by atoms with E-state index in [1.54, 1.807) is 13.0 Å². The molecule has 0 spiro atoms. The van der Waals surface area contributed by atoms with Crippen molar-refractivity contribution < 1.29 is 17.9 Å². The molecule has 96 valence electrons. The van der Waals surface area contributed by atoms with E-state index in [0.717, 1.165) is 17.8 Å². The molecule has 4 nitrogen and oxygen atoms in total. The van der Waals surface area contributed by atoms with Crippen LogP contribution in [0.2, 0.25) is 0 Å². The van der Waals surface area contributed by atoms with E-state index >= 15 is 0 Å². The van der Waals surface area contributed by atoms with Crippen molar-refractivity contribution in [1.29, 1.82) is 0 Å². The summed E-state index contributed by atoms with van der Waals surface area (Å²) in [6, 6.07) is 4.93. The van der Waals surface area contributed by atoms with Crippen LogP contribution in [-0.2, 0) is 6.18 Å². The van der Waals surface area contributed by atoms with E-state index in [0.29, 0.717) is 0 Å². The van der Waals surface area contributed by atoms with Crippen LogP contribution in [0.3, 0.4) is 0 Å². The van der Waals surface area contributed by atoms with Crippen molar-refractivity contribution in [2.45, 2.75) is 13.1 Å². The molecular weight excluding hydrogens is 247 g/mol. The summed E-state index contributed by atoms with van der Waals surface area (Å²) in [5.74, 6) is 0.230. The number of nitrogen functional groups attached to an aromatic ring is 1. The summed E-state index contributed by atoms with van der Waals surface area (Å²) in [7, 11) is 0. The van der Waals surface area contributed by atoms with E-state index in [1.165, 1.54) is 6.07 Å². The minimum atomic E-state index is -4.51. The number of alkyl halides is 3. The first-order chi connectivity index (χ1) is 8.36. The van der Waals surface area contributed by atoms with Crippen LogP contribution in [0.1, 0.15) is 11.3 Å². The Morgan fingerprint density at radius 1 is 1.28 bits per heavy atom. The van der Waals surface area contributed by atoms with Gasteiger partial charge in [0.25, 0.3) is 0 Å². The summed E-state index contributed by atoms with van der Waals surface area (Å²) in [5, 5.41) is 6.39. The van der Waals surface area contributed by atoms with Gasteiger partial charge in [-0.25, -0.2) is 0 Å². The number of rotatable bonds is 2. The average Bonchev–Trinajstić information content (AvgIpc) is 2.65. The molecule has 0 bridgehead atoms. The maximum absolute atomic E-state index is 12.6. The molecule has 1 aromatic heterocycles. The number of aryl methyl sites for hydroxylation is 1. The zero-order valence-electron chi connectivity index (χ0n) is 9.38. The number of nitrogens with one attached hydrogen (secondary N) is 1. The second kappa shape index (κ2) is 4.25. The van der Waals surface area contributed by atoms with E-state index in [2.05, 4.69) is 10.2 Å². The topological polar surface area (TPSA) is 63.9 Å². The van der Waals surface area contributed by atoms with E-state index in [1.807, 2.05) is 0 Å². The molecule has 0 atom stereocenters. The number of nitrogens with zero attached hydrogens (tertiary/aromatic N) is 1. The Hall–Kier alpha value is -2.18. The molecule has 0 aliphatic heterocycles. The van der Waals surface area contributed by atoms with Crippen molar-refractivity contribution in [2.75, 3.05) is 5.73 Å². The van der Waals surface area contributed by atoms with Crippen LogP contribution in [0.15, 0.2) is 24.3 Å². The Morgan fingerprint density at radius 3 is 2.56 bits per heavy atom. The van der Waals surface area contributed by atoms with E-state index in [9.17, 15) is 13.2 Å². The highest BCUT2D eigenvalue weighted by Gasteiger charge is 2.33. The fraction of sp³-hybridized carbons (Fsp3) is 0.182. The molecule has 0 unspecified atom stereocenters. The van der Waals surface area contributed by atoms with Gasteiger partial charge in [-0.15, -0.1) is 5.10 Å². The van der Waals surface area contributed by atoms with Gasteiger partial charge >= 0.3 is 6.18 Å². The lowest BCUT2D eigenvalue weighted by Crippen LogP contribution is -2.08. The third-order valence-corrected chi connectivity index (χ3v) is 2.24. The number of H-pyrrole nitrogens is 1. The van der Waals surface area contributed by atoms with Gasteiger partial charge in [0.1, 0.15) is 5.75 Å². The van der Waals surface area contributed by atoms with Crippen LogP contribution in [0.4, 0.5) is 18.9 Å². The Labute approximate surface area is 101 Å². The Bertz CT molecular complexity index is 563. The number of benzene rings is 1. The molecule has 1 aromatic carbocycles. The summed E-state index contributed by atoms with van der Waals surface area (Å²) < 4.78 is 43.0. The van der Waals surface area contributed by atoms with E-state index in [4.69, 9.17) is 10.5 Å². The smallest absolute Gasteiger partial charge is 0.418 e. The predicted octanol–water partition coefficient (Wildman–Crippen LogP) is 3.11. The fourth-order valence-electron chi connectivity index (χ4n) is 1.41. The van der Waals surface area contributed by atoms with Gasteiger partial charge in [-0.2, -0.15) is 13.2 Å². The lowest BCUT2D eigenvalue weighted by molar-refractivity contribution is -0.137. The number of nitrogens with two attached hydrogens (primary N) is 1. The van der Waals surface area contributed by atoms with Crippen molar-refractivity contribution in [3.8, 4) is 11.6 Å². The van der Waals surface area contributed by atoms with Crippen LogP contribution >= 0.6 is 0 Å². The summed E-state index contributed by atoms with van der Waals surface area (Å²) in [5.41, 5.74) is 4.76. The van der Waals surface area contributed by atoms with Crippen molar-refractivity contribution in [3.05, 3.63) is 35.5 Å². The number of anilines is 1. The first-order valence-corrected chi connectivity index (χ1v) is 5.03. The average molecular weight is 257 g/mol. The van der Waals surface area contributed by atoms with Gasteiger partial charge < -0.3 is 10.5 Å². The third-order valence-electron chi connectivity index (χ3n) is 2.24. The lowest BCUT2D eigenvalue weighted by Gasteiger charge is -2.11. The Balaban J connectivity index is 2.30. The quantitative estimate of drug-likeness (QED) is 0.812. The molecule has 0 fully saturated rings. The zero-order chi connectivity index (χ0) is 13.3. The normalized spacial score (nSPS) is 11.6. The van der Waals surface area contributed by atoms with Crippen LogP contribution in [0.5, 0.6) is 11.6 Å². The standard InChI is InChI=1S/C11H10F3N3O/c1-6-4-10(17-16-6)18-7-2-3-9(15)8(5-7)11(12,13)14/h2-5H,15H2,1H3,(H,16,17). The van der Waals surface area contributed by atoms with Crippen LogP contribution in [0, 0.1) is 6.92 Å². The molecule has 0 amide bonds. The van der Waals surface area contributed by atoms with Gasteiger partial charge in [0.15, 0.2) is 0 Å². The molecule has 0 saturated heterocycles. The number of aromatic amines is 1. The number of aromatic nitrogens is 2. The first-order valence-electron chi connectivity index (χ1n) is 5.03. The second-order valence-electron chi connectivity index (χ2n) is 3.74. The maximum Gasteiger partial charge on any atom is 0.418 e. The largest absolute Gasteiger partial charge is 0.438 e. The molecule has 18 heavy (non-hydrogen) atoms. The molecule has 1 heterocycles. The summed E-state index contributed by atoms with van der Waals surface area (Å²) in [6.45, 7) is 1.75. The molecule has 0 saturated carbocycles. The predicted molar refractivity (Wildman–Crippen MR) is 59.3 cm³/mol. The van der Waals surface area contributed by atoms with Gasteiger partial charge in [-0.05, 0) is 25.1 Å². The third kappa shape index (κ3) is 2.55. The Kier molecular flexibility index (Phi) is 2.90. The number of hydrogen-bond acceptors (Lipinski definition) is 3. The van der Waals surface area contributed by atoms with Gasteiger partial charge in [-0.1, -0.05) is 0 Å². The van der Waals surface area contributed by atoms with Gasteiger partial charge in [-0.3, -0.25) is 5.10 Å². The summed E-state index contributed by atoms with van der Waals surface area (Å²) in [4.78, 5) is 0. The highest BCUT2D eigenvalue weighted by Crippen LogP contribution is 2.36. The van der Waals surface area contributed by atoms with Gasteiger partial charge in [0.05, 0.1) is 5.56 Å². The second-order valence-corrected chi connectivity index (χ2v) is 3.74. The van der Waals surface area contributed by atoms with E-state index in [-0.39, 0.29) is 17.3 Å². The van der Waals surface area contributed by atoms with E-state index < -0.39 is 11.7 Å². The first kappa shape index (κ1) is 12.3. The zero-order valence-corrected chi connectivity index (χ0v) is 9.38. The van der Waals surface area contributed by atoms with Crippen LogP contribution in [-0.4, -0.2) is 10.2 Å². The molecule has 7 heteroatoms. The highest BCUT2D eigenvalue weighted by molar-refractivity contribution is 5.52. The summed E-state index contributed by atoms with van der Waals surface area (Å²) in [6.07, 6.45) is -4.51. The molecule has 0 radical (unpaired) electrons. The van der Waals surface area contributed by atoms with Crippen molar-refractivity contribution >= 4 is 5.69 Å². The fourth-order valence-corrected chi connectivity index (χ4v) is 1.41. The maximum atomic E-state index is 12.6. The van der Waals surface area contributed by atoms with Gasteiger partial charge in [0.2, 0.25) is 5.88 Å². The van der Waals surface area contributed by atoms with Gasteiger partial charge in [0, 0.05) is 17.4 Å². The highest BCUT2D eigenvalue weighted by atomic mass is 19.4. The summed E-state index contributed by atoms with van der Waals surface area (Å²) >= 11 is 0. The van der Waals surface area contributed by atoms with Crippen molar-refractivity contribution in [3.63, 3.8) is 0 Å². The minimum Gasteiger partial charge on any atom is -0.438 e. The monoisotopic (exact) mass is 257 g/mol. The molecule has 3 N–H and O–H groups in total. The SMILES string of the molecule is Cc1cc(Oc2ccc(N)c(C(F)(F)F)c2)n[nH]1. The van der Waals surface area contributed by atoms with Crippen molar-refractivity contribution in [1.82, 2.24) is 10.2 Å². The number of halogens is 3. The van der Waals surface area contributed by atoms with Crippen molar-refractivity contribution in [2.24, 2.45) is 0 Å². The lowest BCUT2D eigenvalue weighted by atomic mass is 10.1.